The number of nitrogens with zero attached hydrogens (tertiary/aromatic N) is 4. The van der Waals surface area contributed by atoms with Gasteiger partial charge in [0.25, 0.3) is 5.91 Å². The number of hydrazone groups is 1. The largest absolute Gasteiger partial charge is 0.271 e. The zero-order valence-corrected chi connectivity index (χ0v) is 11.5. The molecule has 0 saturated heterocycles. The van der Waals surface area contributed by atoms with Gasteiger partial charge in [-0.1, -0.05) is 24.3 Å². The molecule has 1 N–H and O–H groups in total. The van der Waals surface area contributed by atoms with E-state index in [0.717, 1.165) is 11.0 Å². The van der Waals surface area contributed by atoms with Gasteiger partial charge in [0.05, 0.1) is 6.21 Å². The van der Waals surface area contributed by atoms with Gasteiger partial charge in [-0.05, 0) is 29.8 Å². The van der Waals surface area contributed by atoms with Crippen molar-refractivity contribution in [3.8, 4) is 0 Å². The van der Waals surface area contributed by atoms with Gasteiger partial charge in [-0.15, -0.1) is 0 Å². The van der Waals surface area contributed by atoms with Crippen LogP contribution in [0.2, 0.25) is 0 Å². The van der Waals surface area contributed by atoms with E-state index in [0.29, 0.717) is 5.56 Å². The molecule has 0 bridgehead atoms. The summed E-state index contributed by atoms with van der Waals surface area (Å²) in [6.45, 7) is -0.0323. The first kappa shape index (κ1) is 13.9. The Balaban J connectivity index is 1.59. The lowest BCUT2D eigenvalue weighted by atomic mass is 10.2. The summed E-state index contributed by atoms with van der Waals surface area (Å²) >= 11 is 0. The molecule has 6 nitrogen and oxygen atoms in total. The Labute approximate surface area is 125 Å². The van der Waals surface area contributed by atoms with Crippen LogP contribution in [0.5, 0.6) is 0 Å². The van der Waals surface area contributed by atoms with Gasteiger partial charge < -0.3 is 0 Å². The zero-order chi connectivity index (χ0) is 15.4. The van der Waals surface area contributed by atoms with Crippen molar-refractivity contribution >= 4 is 23.2 Å². The second-order valence-corrected chi connectivity index (χ2v) is 4.56. The van der Waals surface area contributed by atoms with Gasteiger partial charge in [-0.3, -0.25) is 4.79 Å². The lowest BCUT2D eigenvalue weighted by molar-refractivity contribution is -0.122. The standard InChI is InChI=1S/C15H12FN5O/c16-12-7-5-11(6-8-12)9-17-18-15(22)10-21-19-13-3-1-2-4-14(13)20-21/h1-9H,10H2,(H,18,22)/b17-9+. The van der Waals surface area contributed by atoms with Crippen LogP contribution < -0.4 is 5.43 Å². The van der Waals surface area contributed by atoms with Crippen LogP contribution >= 0.6 is 0 Å². The molecule has 1 heterocycles. The van der Waals surface area contributed by atoms with Crippen LogP contribution in [0.1, 0.15) is 5.56 Å². The lowest BCUT2D eigenvalue weighted by Gasteiger charge is -1.98. The average Bonchev–Trinajstić information content (AvgIpc) is 2.91. The summed E-state index contributed by atoms with van der Waals surface area (Å²) in [6.07, 6.45) is 1.43. The Kier molecular flexibility index (Phi) is 3.86. The van der Waals surface area contributed by atoms with Crippen LogP contribution in [0, 0.1) is 5.82 Å². The Morgan fingerprint density at radius 3 is 2.41 bits per heavy atom. The van der Waals surface area contributed by atoms with Crippen LogP contribution in [0.4, 0.5) is 4.39 Å². The summed E-state index contributed by atoms with van der Waals surface area (Å²) in [4.78, 5) is 13.1. The number of hydrogen-bond donors (Lipinski definition) is 1. The number of carbonyl (C=O) groups excluding carboxylic acids is 1. The second kappa shape index (κ2) is 6.13. The second-order valence-electron chi connectivity index (χ2n) is 4.56. The first-order valence-corrected chi connectivity index (χ1v) is 6.58. The molecular weight excluding hydrogens is 285 g/mol. The van der Waals surface area contributed by atoms with Crippen molar-refractivity contribution in [2.45, 2.75) is 6.54 Å². The highest BCUT2D eigenvalue weighted by atomic mass is 19.1. The molecule has 0 aliphatic heterocycles. The molecule has 3 aromatic rings. The molecule has 0 aliphatic carbocycles. The monoisotopic (exact) mass is 297 g/mol. The third-order valence-corrected chi connectivity index (χ3v) is 2.89. The van der Waals surface area contributed by atoms with Gasteiger partial charge >= 0.3 is 0 Å². The van der Waals surface area contributed by atoms with E-state index in [4.69, 9.17) is 0 Å². The van der Waals surface area contributed by atoms with Crippen molar-refractivity contribution in [2.75, 3.05) is 0 Å². The predicted molar refractivity (Wildman–Crippen MR) is 79.7 cm³/mol. The van der Waals surface area contributed by atoms with E-state index in [1.165, 1.54) is 23.1 Å². The first-order valence-electron chi connectivity index (χ1n) is 6.58. The summed E-state index contributed by atoms with van der Waals surface area (Å²) in [5.74, 6) is -0.670. The summed E-state index contributed by atoms with van der Waals surface area (Å²) in [7, 11) is 0. The van der Waals surface area contributed by atoms with Crippen LogP contribution in [0.15, 0.2) is 53.6 Å². The van der Waals surface area contributed by atoms with Crippen LogP contribution in [-0.4, -0.2) is 27.1 Å². The number of aromatic nitrogens is 3. The van der Waals surface area contributed by atoms with Gasteiger partial charge in [-0.2, -0.15) is 20.1 Å². The third kappa shape index (κ3) is 3.32. The molecule has 0 unspecified atom stereocenters. The molecule has 0 fully saturated rings. The summed E-state index contributed by atoms with van der Waals surface area (Å²) in [5.41, 5.74) is 4.51. The minimum Gasteiger partial charge on any atom is -0.271 e. The van der Waals surface area contributed by atoms with Crippen LogP contribution in [0.3, 0.4) is 0 Å². The van der Waals surface area contributed by atoms with Gasteiger partial charge in [0.15, 0.2) is 0 Å². The highest BCUT2D eigenvalue weighted by Gasteiger charge is 2.05. The normalized spacial score (nSPS) is 11.1. The third-order valence-electron chi connectivity index (χ3n) is 2.89. The van der Waals surface area contributed by atoms with E-state index in [9.17, 15) is 9.18 Å². The van der Waals surface area contributed by atoms with E-state index >= 15 is 0 Å². The maximum atomic E-state index is 12.7. The molecule has 110 valence electrons. The van der Waals surface area contributed by atoms with Gasteiger partial charge in [0, 0.05) is 0 Å². The number of nitrogens with one attached hydrogen (secondary N) is 1. The average molecular weight is 297 g/mol. The smallest absolute Gasteiger partial charge is 0.263 e. The maximum Gasteiger partial charge on any atom is 0.263 e. The molecule has 0 aliphatic rings. The highest BCUT2D eigenvalue weighted by Crippen LogP contribution is 2.06. The molecule has 0 radical (unpaired) electrons. The fourth-order valence-corrected chi connectivity index (χ4v) is 1.87. The molecule has 1 aromatic heterocycles. The minimum absolute atomic E-state index is 0.0323. The van der Waals surface area contributed by atoms with Crippen molar-refractivity contribution in [2.24, 2.45) is 5.10 Å². The van der Waals surface area contributed by atoms with Crippen molar-refractivity contribution in [3.05, 3.63) is 59.9 Å². The van der Waals surface area contributed by atoms with Gasteiger partial charge in [-0.25, -0.2) is 9.82 Å². The number of benzene rings is 2. The Hall–Kier alpha value is -3.09. The maximum absolute atomic E-state index is 12.7. The molecule has 0 atom stereocenters. The topological polar surface area (TPSA) is 72.2 Å². The first-order chi connectivity index (χ1) is 10.7. The fourth-order valence-electron chi connectivity index (χ4n) is 1.87. The van der Waals surface area contributed by atoms with Crippen LogP contribution in [-0.2, 0) is 11.3 Å². The summed E-state index contributed by atoms with van der Waals surface area (Å²) < 4.78 is 12.7. The van der Waals surface area contributed by atoms with Gasteiger partial charge in [0.1, 0.15) is 23.4 Å². The number of rotatable bonds is 4. The van der Waals surface area contributed by atoms with E-state index in [1.54, 1.807) is 12.1 Å². The lowest BCUT2D eigenvalue weighted by Crippen LogP contribution is -2.24. The molecule has 7 heteroatoms. The number of hydrogen-bond acceptors (Lipinski definition) is 4. The molecule has 3 rings (SSSR count). The molecule has 22 heavy (non-hydrogen) atoms. The number of halogens is 1. The van der Waals surface area contributed by atoms with Crippen molar-refractivity contribution in [3.63, 3.8) is 0 Å². The van der Waals surface area contributed by atoms with Crippen LogP contribution in [0.25, 0.3) is 11.0 Å². The molecule has 2 aromatic carbocycles. The van der Waals surface area contributed by atoms with Crippen molar-refractivity contribution in [1.82, 2.24) is 20.4 Å². The molecule has 0 spiro atoms. The SMILES string of the molecule is O=C(Cn1nc2ccccc2n1)N/N=C/c1ccc(F)cc1. The van der Waals surface area contributed by atoms with E-state index in [2.05, 4.69) is 20.7 Å². The number of amides is 1. The van der Waals surface area contributed by atoms with Crippen molar-refractivity contribution < 1.29 is 9.18 Å². The Morgan fingerprint density at radius 2 is 1.77 bits per heavy atom. The van der Waals surface area contributed by atoms with Gasteiger partial charge in [0.2, 0.25) is 0 Å². The minimum atomic E-state index is -0.348. The van der Waals surface area contributed by atoms with Crippen molar-refractivity contribution in [1.29, 1.82) is 0 Å². The number of fused-ring (bicyclic) bond motifs is 1. The zero-order valence-electron chi connectivity index (χ0n) is 11.5. The Morgan fingerprint density at radius 1 is 1.14 bits per heavy atom. The fraction of sp³-hybridized carbons (Fsp3) is 0.0667. The predicted octanol–water partition coefficient (Wildman–Crippen LogP) is 1.72. The summed E-state index contributed by atoms with van der Waals surface area (Å²) in [6, 6.07) is 13.1. The molecule has 1 amide bonds. The Bertz CT molecular complexity index is 792. The van der Waals surface area contributed by atoms with E-state index in [-0.39, 0.29) is 18.3 Å². The molecule has 0 saturated carbocycles. The van der Waals surface area contributed by atoms with E-state index in [1.807, 2.05) is 24.3 Å². The van der Waals surface area contributed by atoms with E-state index < -0.39 is 0 Å². The quantitative estimate of drug-likeness (QED) is 0.588. The highest BCUT2D eigenvalue weighted by molar-refractivity contribution is 5.82. The molecular formula is C15H12FN5O. The summed E-state index contributed by atoms with van der Waals surface area (Å²) in [5, 5.41) is 12.2. The number of carbonyl (C=O) groups is 1.